The third kappa shape index (κ3) is 6.77. The monoisotopic (exact) mass is 260 g/mol. The molecule has 0 unspecified atom stereocenters. The van der Waals surface area contributed by atoms with Crippen LogP contribution in [0.4, 0.5) is 0 Å². The topological polar surface area (TPSA) is 32.3 Å². The molecule has 0 heterocycles. The lowest BCUT2D eigenvalue weighted by atomic mass is 10.2. The third-order valence-electron chi connectivity index (χ3n) is 2.74. The molecule has 1 aromatic rings. The summed E-state index contributed by atoms with van der Waals surface area (Å²) in [6, 6.07) is 10.4. The van der Waals surface area contributed by atoms with Crippen LogP contribution in [-0.4, -0.2) is 36.5 Å². The van der Waals surface area contributed by atoms with Gasteiger partial charge in [0.25, 0.3) is 0 Å². The zero-order valence-corrected chi connectivity index (χ0v) is 12.1. The molecule has 1 N–H and O–H groups in total. The Bertz CT molecular complexity index is 398. The molecular formula is C16H24N2O. The summed E-state index contributed by atoms with van der Waals surface area (Å²) in [5.41, 5.74) is 1.19. The Morgan fingerprint density at radius 3 is 2.58 bits per heavy atom. The first-order valence-electron chi connectivity index (χ1n) is 6.85. The van der Waals surface area contributed by atoms with E-state index in [2.05, 4.69) is 41.4 Å². The molecule has 0 atom stereocenters. The third-order valence-corrected chi connectivity index (χ3v) is 2.74. The Morgan fingerprint density at radius 2 is 2.00 bits per heavy atom. The number of nitrogens with zero attached hydrogens (tertiary/aromatic N) is 1. The van der Waals surface area contributed by atoms with Crippen LogP contribution in [0, 0.1) is 0 Å². The number of carbonyl (C=O) groups is 1. The molecule has 104 valence electrons. The number of hydrogen-bond acceptors (Lipinski definition) is 2. The van der Waals surface area contributed by atoms with Crippen molar-refractivity contribution in [3.8, 4) is 0 Å². The molecule has 1 amide bonds. The van der Waals surface area contributed by atoms with E-state index in [4.69, 9.17) is 0 Å². The molecule has 0 aliphatic rings. The van der Waals surface area contributed by atoms with Crippen molar-refractivity contribution in [2.45, 2.75) is 26.8 Å². The van der Waals surface area contributed by atoms with E-state index in [-0.39, 0.29) is 11.9 Å². The summed E-state index contributed by atoms with van der Waals surface area (Å²) >= 11 is 0. The van der Waals surface area contributed by atoms with Gasteiger partial charge in [0.15, 0.2) is 0 Å². The summed E-state index contributed by atoms with van der Waals surface area (Å²) in [7, 11) is 0. The molecule has 0 radical (unpaired) electrons. The average molecular weight is 260 g/mol. The second kappa shape index (κ2) is 8.48. The van der Waals surface area contributed by atoms with E-state index in [1.54, 1.807) is 0 Å². The number of rotatable bonds is 7. The van der Waals surface area contributed by atoms with Crippen LogP contribution in [0.1, 0.15) is 26.3 Å². The molecule has 0 aromatic heterocycles. The number of benzene rings is 1. The molecule has 0 saturated heterocycles. The molecular weight excluding hydrogens is 236 g/mol. The van der Waals surface area contributed by atoms with E-state index in [1.807, 2.05) is 32.0 Å². The Hall–Kier alpha value is -1.61. The molecule has 1 aromatic carbocycles. The van der Waals surface area contributed by atoms with Gasteiger partial charge < -0.3 is 5.32 Å². The highest BCUT2D eigenvalue weighted by Gasteiger charge is 2.08. The molecule has 0 fully saturated rings. The minimum absolute atomic E-state index is 0.0879. The lowest BCUT2D eigenvalue weighted by Crippen LogP contribution is -2.40. The zero-order chi connectivity index (χ0) is 14.1. The van der Waals surface area contributed by atoms with E-state index >= 15 is 0 Å². The maximum absolute atomic E-state index is 11.7. The zero-order valence-electron chi connectivity index (χ0n) is 12.1. The van der Waals surface area contributed by atoms with Gasteiger partial charge in [-0.15, -0.1) is 0 Å². The van der Waals surface area contributed by atoms with Gasteiger partial charge >= 0.3 is 0 Å². The Balaban J connectivity index is 2.40. The molecule has 0 aliphatic carbocycles. The van der Waals surface area contributed by atoms with Crippen LogP contribution < -0.4 is 5.32 Å². The first kappa shape index (κ1) is 15.4. The quantitative estimate of drug-likeness (QED) is 0.817. The van der Waals surface area contributed by atoms with Crippen molar-refractivity contribution in [2.75, 3.05) is 19.6 Å². The van der Waals surface area contributed by atoms with Gasteiger partial charge in [-0.3, -0.25) is 9.69 Å². The maximum atomic E-state index is 11.7. The molecule has 0 aliphatic heterocycles. The number of hydrogen-bond donors (Lipinski definition) is 1. The van der Waals surface area contributed by atoms with Crippen molar-refractivity contribution in [2.24, 2.45) is 0 Å². The van der Waals surface area contributed by atoms with E-state index in [9.17, 15) is 4.79 Å². The predicted octanol–water partition coefficient (Wildman–Crippen LogP) is 2.55. The van der Waals surface area contributed by atoms with Gasteiger partial charge in [0.1, 0.15) is 0 Å². The van der Waals surface area contributed by atoms with Crippen LogP contribution in [0.5, 0.6) is 0 Å². The molecule has 0 spiro atoms. The smallest absolute Gasteiger partial charge is 0.234 e. The summed E-state index contributed by atoms with van der Waals surface area (Å²) in [6.07, 6.45) is 4.19. The van der Waals surface area contributed by atoms with Gasteiger partial charge in [0.2, 0.25) is 5.91 Å². The standard InChI is InChI=1S/C16H24N2O/c1-4-18(13-16(19)17-14(2)3)12-8-11-15-9-6-5-7-10-15/h5-11,14H,4,12-13H2,1-3H3,(H,17,19)/b11-8+. The van der Waals surface area contributed by atoms with Crippen LogP contribution in [0.25, 0.3) is 6.08 Å². The van der Waals surface area contributed by atoms with Gasteiger partial charge in [0, 0.05) is 12.6 Å². The highest BCUT2D eigenvalue weighted by atomic mass is 16.2. The SMILES string of the molecule is CCN(C/C=C/c1ccccc1)CC(=O)NC(C)C. The summed E-state index contributed by atoms with van der Waals surface area (Å²) in [4.78, 5) is 13.8. The van der Waals surface area contributed by atoms with Crippen molar-refractivity contribution in [3.63, 3.8) is 0 Å². The molecule has 3 nitrogen and oxygen atoms in total. The second-order valence-electron chi connectivity index (χ2n) is 4.86. The fraction of sp³-hybridized carbons (Fsp3) is 0.438. The van der Waals surface area contributed by atoms with E-state index in [0.29, 0.717) is 6.54 Å². The average Bonchev–Trinajstić information content (AvgIpc) is 2.38. The normalized spacial score (nSPS) is 11.4. The van der Waals surface area contributed by atoms with Crippen LogP contribution >= 0.6 is 0 Å². The number of likely N-dealkylation sites (N-methyl/N-ethyl adjacent to an activating group) is 1. The number of nitrogens with one attached hydrogen (secondary N) is 1. The fourth-order valence-corrected chi connectivity index (χ4v) is 1.78. The maximum Gasteiger partial charge on any atom is 0.234 e. The second-order valence-corrected chi connectivity index (χ2v) is 4.86. The fourth-order valence-electron chi connectivity index (χ4n) is 1.78. The summed E-state index contributed by atoms with van der Waals surface area (Å²) < 4.78 is 0. The molecule has 1 rings (SSSR count). The highest BCUT2D eigenvalue weighted by Crippen LogP contribution is 2.01. The van der Waals surface area contributed by atoms with Gasteiger partial charge in [-0.2, -0.15) is 0 Å². The van der Waals surface area contributed by atoms with Crippen LogP contribution in [-0.2, 0) is 4.79 Å². The van der Waals surface area contributed by atoms with Crippen molar-refractivity contribution in [1.29, 1.82) is 0 Å². The van der Waals surface area contributed by atoms with Crippen LogP contribution in [0.15, 0.2) is 36.4 Å². The van der Waals surface area contributed by atoms with Crippen molar-refractivity contribution in [1.82, 2.24) is 10.2 Å². The Morgan fingerprint density at radius 1 is 1.32 bits per heavy atom. The first-order chi connectivity index (χ1) is 9.11. The minimum atomic E-state index is 0.0879. The van der Waals surface area contributed by atoms with Gasteiger partial charge in [0.05, 0.1) is 6.54 Å². The van der Waals surface area contributed by atoms with E-state index < -0.39 is 0 Å². The van der Waals surface area contributed by atoms with E-state index in [0.717, 1.165) is 13.1 Å². The highest BCUT2D eigenvalue weighted by molar-refractivity contribution is 5.78. The van der Waals surface area contributed by atoms with E-state index in [1.165, 1.54) is 5.56 Å². The minimum Gasteiger partial charge on any atom is -0.353 e. The lowest BCUT2D eigenvalue weighted by Gasteiger charge is -2.18. The van der Waals surface area contributed by atoms with Crippen molar-refractivity contribution in [3.05, 3.63) is 42.0 Å². The molecule has 0 saturated carbocycles. The van der Waals surface area contributed by atoms with Gasteiger partial charge in [-0.25, -0.2) is 0 Å². The number of carbonyl (C=O) groups excluding carboxylic acids is 1. The Labute approximate surface area is 116 Å². The summed E-state index contributed by atoms with van der Waals surface area (Å²) in [5.74, 6) is 0.0879. The van der Waals surface area contributed by atoms with Gasteiger partial charge in [-0.05, 0) is 26.0 Å². The van der Waals surface area contributed by atoms with Gasteiger partial charge in [-0.1, -0.05) is 49.4 Å². The van der Waals surface area contributed by atoms with Crippen molar-refractivity contribution >= 4 is 12.0 Å². The summed E-state index contributed by atoms with van der Waals surface area (Å²) in [6.45, 7) is 8.13. The first-order valence-corrected chi connectivity index (χ1v) is 6.85. The molecule has 19 heavy (non-hydrogen) atoms. The molecule has 0 bridgehead atoms. The van der Waals surface area contributed by atoms with Crippen LogP contribution in [0.2, 0.25) is 0 Å². The van der Waals surface area contributed by atoms with Crippen LogP contribution in [0.3, 0.4) is 0 Å². The van der Waals surface area contributed by atoms with Crippen molar-refractivity contribution < 1.29 is 4.79 Å². The largest absolute Gasteiger partial charge is 0.353 e. The Kier molecular flexibility index (Phi) is 6.90. The lowest BCUT2D eigenvalue weighted by molar-refractivity contribution is -0.122. The summed E-state index contributed by atoms with van der Waals surface area (Å²) in [5, 5.41) is 2.91. The molecule has 3 heteroatoms. The predicted molar refractivity (Wildman–Crippen MR) is 80.9 cm³/mol. The number of amides is 1.